The van der Waals surface area contributed by atoms with E-state index in [4.69, 9.17) is 5.11 Å². The minimum Gasteiger partial charge on any atom is -0.396 e. The number of carbonyl (C=O) groups is 1. The Bertz CT molecular complexity index is 430. The summed E-state index contributed by atoms with van der Waals surface area (Å²) in [5, 5.41) is 11.9. The molecular formula is C15H22N2O2. The first kappa shape index (κ1) is 13.9. The first-order valence-corrected chi connectivity index (χ1v) is 6.96. The molecule has 0 spiro atoms. The van der Waals surface area contributed by atoms with Crippen LogP contribution in [0.5, 0.6) is 0 Å². The summed E-state index contributed by atoms with van der Waals surface area (Å²) in [6.45, 7) is 2.75. The Morgan fingerprint density at radius 2 is 2.26 bits per heavy atom. The summed E-state index contributed by atoms with van der Waals surface area (Å²) < 4.78 is 0. The number of aliphatic hydroxyl groups excluding tert-OH is 1. The van der Waals surface area contributed by atoms with Crippen molar-refractivity contribution in [1.82, 2.24) is 4.90 Å². The molecule has 104 valence electrons. The van der Waals surface area contributed by atoms with Gasteiger partial charge in [-0.15, -0.1) is 0 Å². The molecule has 0 saturated heterocycles. The van der Waals surface area contributed by atoms with Gasteiger partial charge in [-0.25, -0.2) is 4.79 Å². The Balaban J connectivity index is 1.98. The standard InChI is InChI=1S/C15H22N2O2/c1-12-5-2-6-13(11-12)16-15(19)17(9-4-10-18)14-7-3-8-14/h2,5-6,11,14,18H,3-4,7-10H2,1H3,(H,16,19). The molecule has 4 heteroatoms. The highest BCUT2D eigenvalue weighted by atomic mass is 16.3. The van der Waals surface area contributed by atoms with Crippen molar-refractivity contribution in [3.05, 3.63) is 29.8 Å². The molecule has 1 aliphatic carbocycles. The van der Waals surface area contributed by atoms with Crippen LogP contribution in [-0.4, -0.2) is 35.2 Å². The van der Waals surface area contributed by atoms with Gasteiger partial charge in [0.2, 0.25) is 0 Å². The molecule has 2 amide bonds. The van der Waals surface area contributed by atoms with E-state index in [9.17, 15) is 4.79 Å². The van der Waals surface area contributed by atoms with Gasteiger partial charge in [0.15, 0.2) is 0 Å². The predicted molar refractivity (Wildman–Crippen MR) is 76.2 cm³/mol. The molecule has 0 atom stereocenters. The maximum absolute atomic E-state index is 12.3. The number of rotatable bonds is 5. The Labute approximate surface area is 114 Å². The third kappa shape index (κ3) is 3.70. The highest BCUT2D eigenvalue weighted by molar-refractivity contribution is 5.89. The number of nitrogens with zero attached hydrogens (tertiary/aromatic N) is 1. The molecule has 1 aromatic rings. The quantitative estimate of drug-likeness (QED) is 0.857. The second kappa shape index (κ2) is 6.57. The van der Waals surface area contributed by atoms with E-state index in [0.717, 1.165) is 24.1 Å². The molecular weight excluding hydrogens is 240 g/mol. The van der Waals surface area contributed by atoms with Crippen LogP contribution in [0.3, 0.4) is 0 Å². The van der Waals surface area contributed by atoms with Crippen molar-refractivity contribution in [2.75, 3.05) is 18.5 Å². The molecule has 0 aromatic heterocycles. The van der Waals surface area contributed by atoms with Crippen LogP contribution in [0.2, 0.25) is 0 Å². The van der Waals surface area contributed by atoms with Crippen LogP contribution in [0.15, 0.2) is 24.3 Å². The summed E-state index contributed by atoms with van der Waals surface area (Å²) in [6, 6.07) is 8.09. The SMILES string of the molecule is Cc1cccc(NC(=O)N(CCCO)C2CCC2)c1. The monoisotopic (exact) mass is 262 g/mol. The number of nitrogens with one attached hydrogen (secondary N) is 1. The first-order valence-electron chi connectivity index (χ1n) is 6.96. The maximum Gasteiger partial charge on any atom is 0.322 e. The van der Waals surface area contributed by atoms with Gasteiger partial charge in [-0.3, -0.25) is 0 Å². The summed E-state index contributed by atoms with van der Waals surface area (Å²) in [5.41, 5.74) is 1.96. The van der Waals surface area contributed by atoms with E-state index < -0.39 is 0 Å². The van der Waals surface area contributed by atoms with Gasteiger partial charge in [0.1, 0.15) is 0 Å². The van der Waals surface area contributed by atoms with Crippen molar-refractivity contribution < 1.29 is 9.90 Å². The minimum atomic E-state index is -0.0521. The number of urea groups is 1. The van der Waals surface area contributed by atoms with E-state index in [0.29, 0.717) is 19.0 Å². The highest BCUT2D eigenvalue weighted by Gasteiger charge is 2.28. The third-order valence-corrected chi connectivity index (χ3v) is 3.60. The van der Waals surface area contributed by atoms with Crippen molar-refractivity contribution >= 4 is 11.7 Å². The summed E-state index contributed by atoms with van der Waals surface area (Å²) in [7, 11) is 0. The van der Waals surface area contributed by atoms with Crippen LogP contribution in [0.25, 0.3) is 0 Å². The molecule has 4 nitrogen and oxygen atoms in total. The molecule has 2 N–H and O–H groups in total. The zero-order valence-electron chi connectivity index (χ0n) is 11.4. The van der Waals surface area contributed by atoms with Gasteiger partial charge in [0, 0.05) is 24.9 Å². The molecule has 1 aromatic carbocycles. The van der Waals surface area contributed by atoms with E-state index in [1.54, 1.807) is 0 Å². The van der Waals surface area contributed by atoms with Crippen LogP contribution in [0.4, 0.5) is 10.5 Å². The van der Waals surface area contributed by atoms with Crippen LogP contribution in [-0.2, 0) is 0 Å². The van der Waals surface area contributed by atoms with Gasteiger partial charge in [0.25, 0.3) is 0 Å². The molecule has 1 fully saturated rings. The predicted octanol–water partition coefficient (Wildman–Crippen LogP) is 2.76. The van der Waals surface area contributed by atoms with Crippen molar-refractivity contribution in [2.45, 2.75) is 38.6 Å². The van der Waals surface area contributed by atoms with Crippen molar-refractivity contribution in [1.29, 1.82) is 0 Å². The lowest BCUT2D eigenvalue weighted by atomic mass is 9.91. The summed E-state index contributed by atoms with van der Waals surface area (Å²) in [6.07, 6.45) is 3.98. The zero-order chi connectivity index (χ0) is 13.7. The zero-order valence-corrected chi connectivity index (χ0v) is 11.4. The lowest BCUT2D eigenvalue weighted by molar-refractivity contribution is 0.140. The van der Waals surface area contributed by atoms with Crippen LogP contribution in [0, 0.1) is 6.92 Å². The van der Waals surface area contributed by atoms with Gasteiger partial charge in [-0.05, 0) is 50.3 Å². The maximum atomic E-state index is 12.3. The second-order valence-corrected chi connectivity index (χ2v) is 5.15. The molecule has 1 saturated carbocycles. The third-order valence-electron chi connectivity index (χ3n) is 3.60. The minimum absolute atomic E-state index is 0.0521. The van der Waals surface area contributed by atoms with Crippen molar-refractivity contribution in [3.63, 3.8) is 0 Å². The molecule has 19 heavy (non-hydrogen) atoms. The number of aryl methyl sites for hydroxylation is 1. The molecule has 2 rings (SSSR count). The summed E-state index contributed by atoms with van der Waals surface area (Å²) >= 11 is 0. The number of hydrogen-bond acceptors (Lipinski definition) is 2. The van der Waals surface area contributed by atoms with E-state index in [-0.39, 0.29) is 12.6 Å². The number of anilines is 1. The fourth-order valence-corrected chi connectivity index (χ4v) is 2.31. The summed E-state index contributed by atoms with van der Waals surface area (Å²) in [4.78, 5) is 14.2. The largest absolute Gasteiger partial charge is 0.396 e. The number of hydrogen-bond donors (Lipinski definition) is 2. The Hall–Kier alpha value is -1.55. The summed E-state index contributed by atoms with van der Waals surface area (Å²) in [5.74, 6) is 0. The topological polar surface area (TPSA) is 52.6 Å². The van der Waals surface area contributed by atoms with Gasteiger partial charge < -0.3 is 15.3 Å². The smallest absolute Gasteiger partial charge is 0.322 e. The van der Waals surface area contributed by atoms with Gasteiger partial charge in [-0.2, -0.15) is 0 Å². The Morgan fingerprint density at radius 3 is 2.84 bits per heavy atom. The lowest BCUT2D eigenvalue weighted by Gasteiger charge is -2.37. The lowest BCUT2D eigenvalue weighted by Crippen LogP contribution is -2.46. The molecule has 0 aliphatic heterocycles. The number of benzene rings is 1. The van der Waals surface area contributed by atoms with Crippen LogP contribution < -0.4 is 5.32 Å². The van der Waals surface area contributed by atoms with Crippen molar-refractivity contribution in [3.8, 4) is 0 Å². The van der Waals surface area contributed by atoms with Gasteiger partial charge in [0.05, 0.1) is 0 Å². The van der Waals surface area contributed by atoms with E-state index >= 15 is 0 Å². The average Bonchev–Trinajstić information content (AvgIpc) is 2.31. The molecule has 0 heterocycles. The molecule has 0 bridgehead atoms. The van der Waals surface area contributed by atoms with E-state index in [1.807, 2.05) is 36.1 Å². The fraction of sp³-hybridized carbons (Fsp3) is 0.533. The van der Waals surface area contributed by atoms with Gasteiger partial charge >= 0.3 is 6.03 Å². The Morgan fingerprint density at radius 1 is 1.47 bits per heavy atom. The first-order chi connectivity index (χ1) is 9.20. The Kier molecular flexibility index (Phi) is 4.80. The second-order valence-electron chi connectivity index (χ2n) is 5.15. The fourth-order valence-electron chi connectivity index (χ4n) is 2.31. The van der Waals surface area contributed by atoms with Gasteiger partial charge in [-0.1, -0.05) is 12.1 Å². The molecule has 0 unspecified atom stereocenters. The number of amides is 2. The van der Waals surface area contributed by atoms with E-state index in [2.05, 4.69) is 5.32 Å². The van der Waals surface area contributed by atoms with E-state index in [1.165, 1.54) is 6.42 Å². The van der Waals surface area contributed by atoms with Crippen LogP contribution in [0.1, 0.15) is 31.2 Å². The highest BCUT2D eigenvalue weighted by Crippen LogP contribution is 2.25. The number of aliphatic hydroxyl groups is 1. The molecule has 1 aliphatic rings. The number of carbonyl (C=O) groups excluding carboxylic acids is 1. The normalized spacial score (nSPS) is 14.8. The van der Waals surface area contributed by atoms with Crippen molar-refractivity contribution in [2.24, 2.45) is 0 Å². The van der Waals surface area contributed by atoms with Crippen LogP contribution >= 0.6 is 0 Å². The molecule has 0 radical (unpaired) electrons. The average molecular weight is 262 g/mol.